The van der Waals surface area contributed by atoms with Crippen molar-refractivity contribution in [2.45, 2.75) is 37.8 Å². The van der Waals surface area contributed by atoms with Gasteiger partial charge in [0.1, 0.15) is 0 Å². The number of carbonyl (C=O) groups is 2. The number of imide groups is 1. The van der Waals surface area contributed by atoms with E-state index < -0.39 is 33.8 Å². The summed E-state index contributed by atoms with van der Waals surface area (Å²) in [6, 6.07) is 25.1. The summed E-state index contributed by atoms with van der Waals surface area (Å²) in [6.45, 7) is 4.47. The van der Waals surface area contributed by atoms with Crippen LogP contribution in [-0.4, -0.2) is 42.6 Å². The first-order valence-corrected chi connectivity index (χ1v) is 15.1. The van der Waals surface area contributed by atoms with E-state index in [2.05, 4.69) is 0 Å². The Labute approximate surface area is 235 Å². The zero-order valence-corrected chi connectivity index (χ0v) is 23.4. The van der Waals surface area contributed by atoms with Crippen molar-refractivity contribution in [3.05, 3.63) is 113 Å². The maximum atomic E-state index is 14.2. The first-order valence-electron chi connectivity index (χ1n) is 13.7. The summed E-state index contributed by atoms with van der Waals surface area (Å²) in [7, 11) is -3.94. The molecule has 2 amide bonds. The summed E-state index contributed by atoms with van der Waals surface area (Å²) in [6.07, 6.45) is 0.280. The number of allylic oxidation sites excluding steroid dienone is 1. The van der Waals surface area contributed by atoms with Gasteiger partial charge in [-0.2, -0.15) is 4.31 Å². The molecule has 40 heavy (non-hydrogen) atoms. The van der Waals surface area contributed by atoms with E-state index in [9.17, 15) is 18.0 Å². The highest BCUT2D eigenvalue weighted by molar-refractivity contribution is 7.89. The number of carbonyl (C=O) groups excluding carboxylic acids is 2. The summed E-state index contributed by atoms with van der Waals surface area (Å²) < 4.78 is 36.0. The van der Waals surface area contributed by atoms with Gasteiger partial charge >= 0.3 is 0 Å². The standard InChI is InChI=1S/C32H32N2O5S/c1-3-39-27-18-25-28(32(36)33(31(25)35)19-22-10-6-4-7-11-22)26-20-34(30(29(26)27)23-12-8-5-9-13-23)40(37,38)24-16-14-21(2)15-17-24/h4-17,25-26,28,30H,3,18-20H2,1-2H3/t25-,26-,28-,30-/m0/s1. The average molecular weight is 557 g/mol. The van der Waals surface area contributed by atoms with Crippen LogP contribution in [0.1, 0.15) is 36.1 Å². The first kappa shape index (κ1) is 26.5. The largest absolute Gasteiger partial charge is 0.498 e. The minimum Gasteiger partial charge on any atom is -0.498 e. The number of hydrogen-bond acceptors (Lipinski definition) is 5. The molecule has 0 bridgehead atoms. The molecule has 0 radical (unpaired) electrons. The predicted octanol–water partition coefficient (Wildman–Crippen LogP) is 4.85. The van der Waals surface area contributed by atoms with Crippen LogP contribution in [0.5, 0.6) is 0 Å². The molecule has 2 saturated heterocycles. The third kappa shape index (κ3) is 4.35. The Kier molecular flexibility index (Phi) is 6.84. The lowest BCUT2D eigenvalue weighted by Gasteiger charge is -2.32. The highest BCUT2D eigenvalue weighted by Gasteiger charge is 2.60. The van der Waals surface area contributed by atoms with Crippen LogP contribution in [0.2, 0.25) is 0 Å². The highest BCUT2D eigenvalue weighted by atomic mass is 32.2. The molecule has 4 atom stereocenters. The smallest absolute Gasteiger partial charge is 0.243 e. The molecule has 0 aromatic heterocycles. The molecular formula is C32H32N2O5S. The predicted molar refractivity (Wildman–Crippen MR) is 150 cm³/mol. The SMILES string of the molecule is CCOC1=C2[C@@H](CN(S(=O)(=O)c3ccc(C)cc3)[C@H]2c2ccccc2)[C@H]2C(=O)N(Cc3ccccc3)C(=O)[C@H]2C1. The monoisotopic (exact) mass is 556 g/mol. The van der Waals surface area contributed by atoms with Crippen molar-refractivity contribution in [3.8, 4) is 0 Å². The lowest BCUT2D eigenvalue weighted by atomic mass is 9.71. The number of hydrogen-bond donors (Lipinski definition) is 0. The molecule has 8 heteroatoms. The van der Waals surface area contributed by atoms with Gasteiger partial charge in [-0.1, -0.05) is 78.4 Å². The summed E-state index contributed by atoms with van der Waals surface area (Å²) in [5.74, 6) is -1.51. The lowest BCUT2D eigenvalue weighted by Crippen LogP contribution is -2.35. The van der Waals surface area contributed by atoms with Crippen LogP contribution in [-0.2, 0) is 30.9 Å². The van der Waals surface area contributed by atoms with Crippen molar-refractivity contribution < 1.29 is 22.7 Å². The van der Waals surface area contributed by atoms with Gasteiger partial charge in [0, 0.05) is 18.9 Å². The average Bonchev–Trinajstić information content (AvgIpc) is 3.47. The van der Waals surface area contributed by atoms with Crippen LogP contribution in [0.4, 0.5) is 0 Å². The molecule has 7 nitrogen and oxygen atoms in total. The molecule has 206 valence electrons. The van der Waals surface area contributed by atoms with Crippen LogP contribution in [0, 0.1) is 24.7 Å². The van der Waals surface area contributed by atoms with Crippen molar-refractivity contribution in [1.82, 2.24) is 9.21 Å². The van der Waals surface area contributed by atoms with E-state index in [0.29, 0.717) is 12.4 Å². The van der Waals surface area contributed by atoms with Crippen molar-refractivity contribution >= 4 is 21.8 Å². The molecule has 6 rings (SSSR count). The van der Waals surface area contributed by atoms with Crippen LogP contribution < -0.4 is 0 Å². The van der Waals surface area contributed by atoms with E-state index >= 15 is 0 Å². The first-order chi connectivity index (χ1) is 19.3. The van der Waals surface area contributed by atoms with Crippen LogP contribution >= 0.6 is 0 Å². The van der Waals surface area contributed by atoms with E-state index in [1.807, 2.05) is 74.5 Å². The number of likely N-dealkylation sites (tertiary alicyclic amines) is 1. The number of ether oxygens (including phenoxy) is 1. The Morgan fingerprint density at radius 3 is 2.15 bits per heavy atom. The second-order valence-electron chi connectivity index (χ2n) is 10.7. The Balaban J connectivity index is 1.46. The van der Waals surface area contributed by atoms with Crippen LogP contribution in [0.25, 0.3) is 0 Å². The topological polar surface area (TPSA) is 84.0 Å². The highest BCUT2D eigenvalue weighted by Crippen LogP contribution is 2.55. The molecule has 0 N–H and O–H groups in total. The zero-order chi connectivity index (χ0) is 28.0. The number of aryl methyl sites for hydroxylation is 1. The molecule has 3 aromatic carbocycles. The third-order valence-electron chi connectivity index (χ3n) is 8.33. The molecule has 2 heterocycles. The van der Waals surface area contributed by atoms with Gasteiger partial charge in [0.15, 0.2) is 0 Å². The van der Waals surface area contributed by atoms with Crippen molar-refractivity contribution in [3.63, 3.8) is 0 Å². The minimum absolute atomic E-state index is 0.0983. The number of fused-ring (bicyclic) bond motifs is 3. The Bertz CT molecular complexity index is 1570. The fourth-order valence-electron chi connectivity index (χ4n) is 6.52. The van der Waals surface area contributed by atoms with Gasteiger partial charge in [-0.25, -0.2) is 8.42 Å². The van der Waals surface area contributed by atoms with Gasteiger partial charge in [-0.3, -0.25) is 14.5 Å². The molecular weight excluding hydrogens is 524 g/mol. The Morgan fingerprint density at radius 2 is 1.50 bits per heavy atom. The van der Waals surface area contributed by atoms with E-state index in [1.54, 1.807) is 24.3 Å². The maximum absolute atomic E-state index is 14.2. The lowest BCUT2D eigenvalue weighted by molar-refractivity contribution is -0.140. The molecule has 3 aliphatic rings. The molecule has 0 saturated carbocycles. The number of rotatable bonds is 7. The normalized spacial score (nSPS) is 24.8. The van der Waals surface area contributed by atoms with Crippen LogP contribution in [0.3, 0.4) is 0 Å². The Hall–Kier alpha value is -3.75. The zero-order valence-electron chi connectivity index (χ0n) is 22.6. The van der Waals surface area contributed by atoms with Crippen molar-refractivity contribution in [2.24, 2.45) is 17.8 Å². The summed E-state index contributed by atoms with van der Waals surface area (Å²) in [5.41, 5.74) is 3.45. The molecule has 2 fully saturated rings. The number of sulfonamides is 1. The third-order valence-corrected chi connectivity index (χ3v) is 10.2. The Morgan fingerprint density at radius 1 is 0.850 bits per heavy atom. The molecule has 2 aliphatic heterocycles. The second-order valence-corrected chi connectivity index (χ2v) is 12.6. The van der Waals surface area contributed by atoms with Gasteiger partial charge in [-0.05, 0) is 42.7 Å². The fraction of sp³-hybridized carbons (Fsp3) is 0.312. The van der Waals surface area contributed by atoms with Gasteiger partial charge < -0.3 is 4.74 Å². The number of nitrogens with zero attached hydrogens (tertiary/aromatic N) is 2. The van der Waals surface area contributed by atoms with Gasteiger partial charge in [0.25, 0.3) is 0 Å². The summed E-state index contributed by atoms with van der Waals surface area (Å²) in [5, 5.41) is 0. The summed E-state index contributed by atoms with van der Waals surface area (Å²) >= 11 is 0. The van der Waals surface area contributed by atoms with E-state index in [0.717, 1.165) is 22.3 Å². The van der Waals surface area contributed by atoms with Gasteiger partial charge in [0.2, 0.25) is 21.8 Å². The molecule has 0 unspecified atom stereocenters. The summed E-state index contributed by atoms with van der Waals surface area (Å²) in [4.78, 5) is 29.2. The quantitative estimate of drug-likeness (QED) is 0.389. The maximum Gasteiger partial charge on any atom is 0.243 e. The van der Waals surface area contributed by atoms with Gasteiger partial charge in [0.05, 0.1) is 41.7 Å². The fourth-order valence-corrected chi connectivity index (χ4v) is 8.14. The van der Waals surface area contributed by atoms with Crippen molar-refractivity contribution in [1.29, 1.82) is 0 Å². The minimum atomic E-state index is -3.94. The molecule has 0 spiro atoms. The molecule has 1 aliphatic carbocycles. The van der Waals surface area contributed by atoms with Gasteiger partial charge in [-0.15, -0.1) is 0 Å². The number of amides is 2. The van der Waals surface area contributed by atoms with E-state index in [-0.39, 0.29) is 36.2 Å². The molecule has 3 aromatic rings. The van der Waals surface area contributed by atoms with Crippen LogP contribution in [0.15, 0.2) is 101 Å². The van der Waals surface area contributed by atoms with E-state index in [4.69, 9.17) is 4.74 Å². The second kappa shape index (κ2) is 10.3. The number of benzene rings is 3. The van der Waals surface area contributed by atoms with Crippen molar-refractivity contribution in [2.75, 3.05) is 13.2 Å². The van der Waals surface area contributed by atoms with E-state index in [1.165, 1.54) is 9.21 Å².